The van der Waals surface area contributed by atoms with E-state index < -0.39 is 5.41 Å². The quantitative estimate of drug-likeness (QED) is 0.375. The van der Waals surface area contributed by atoms with Crippen molar-refractivity contribution < 1.29 is 10.0 Å². The normalized spacial score (nSPS) is 18.2. The van der Waals surface area contributed by atoms with Crippen LogP contribution in [0.25, 0.3) is 0 Å². The van der Waals surface area contributed by atoms with Gasteiger partial charge in [0.15, 0.2) is 5.84 Å². The first-order valence-electron chi connectivity index (χ1n) is 6.46. The van der Waals surface area contributed by atoms with E-state index in [-0.39, 0.29) is 11.7 Å². The highest BCUT2D eigenvalue weighted by Crippen LogP contribution is 2.40. The smallest absolute Gasteiger partial charge is 0.236 e. The minimum absolute atomic E-state index is 0.0401. The fourth-order valence-electron chi connectivity index (χ4n) is 2.79. The van der Waals surface area contributed by atoms with E-state index in [1.165, 1.54) is 0 Å². The molecule has 1 aromatic rings. The van der Waals surface area contributed by atoms with Crippen LogP contribution in [0, 0.1) is 5.41 Å². The topological polar surface area (TPSA) is 78.9 Å². The molecule has 1 fully saturated rings. The lowest BCUT2D eigenvalue weighted by Gasteiger charge is -2.31. The second kappa shape index (κ2) is 6.13. The molecule has 1 aromatic heterocycles. The maximum absolute atomic E-state index is 12.7. The van der Waals surface area contributed by atoms with Crippen LogP contribution in [0.4, 0.5) is 0 Å². The van der Waals surface area contributed by atoms with Gasteiger partial charge in [-0.2, -0.15) is 0 Å². The predicted molar refractivity (Wildman–Crippen MR) is 82.8 cm³/mol. The van der Waals surface area contributed by atoms with Crippen LogP contribution < -0.4 is 5.73 Å². The summed E-state index contributed by atoms with van der Waals surface area (Å²) in [6.07, 6.45) is 3.17. The Labute approximate surface area is 130 Å². The van der Waals surface area contributed by atoms with Crippen molar-refractivity contribution in [2.24, 2.45) is 16.3 Å². The standard InChI is InChI=1S/C13H18BrN3O2S/c1-17(7-9-6-10(14)20-8-9)12(18)13(11(15)16-19)4-2-3-5-13/h6,8,19H,2-5,7H2,1H3,(H2,15,16). The highest BCUT2D eigenvalue weighted by molar-refractivity contribution is 9.11. The van der Waals surface area contributed by atoms with Crippen molar-refractivity contribution in [1.29, 1.82) is 0 Å². The number of carbonyl (C=O) groups is 1. The summed E-state index contributed by atoms with van der Waals surface area (Å²) >= 11 is 5.00. The van der Waals surface area contributed by atoms with Gasteiger partial charge in [-0.3, -0.25) is 4.79 Å². The van der Waals surface area contributed by atoms with Gasteiger partial charge in [-0.15, -0.1) is 11.3 Å². The Kier molecular flexibility index (Phi) is 4.70. The van der Waals surface area contributed by atoms with Gasteiger partial charge in [-0.25, -0.2) is 0 Å². The average molecular weight is 360 g/mol. The molecule has 1 heterocycles. The zero-order valence-electron chi connectivity index (χ0n) is 11.3. The summed E-state index contributed by atoms with van der Waals surface area (Å²) in [4.78, 5) is 14.4. The maximum Gasteiger partial charge on any atom is 0.236 e. The number of oxime groups is 1. The molecule has 7 heteroatoms. The van der Waals surface area contributed by atoms with Gasteiger partial charge >= 0.3 is 0 Å². The van der Waals surface area contributed by atoms with Crippen LogP contribution in [0.1, 0.15) is 31.2 Å². The number of hydrogen-bond donors (Lipinski definition) is 2. The van der Waals surface area contributed by atoms with E-state index in [0.29, 0.717) is 19.4 Å². The minimum Gasteiger partial charge on any atom is -0.409 e. The number of nitrogens with two attached hydrogens (primary N) is 1. The monoisotopic (exact) mass is 359 g/mol. The largest absolute Gasteiger partial charge is 0.409 e. The number of thiophene rings is 1. The maximum atomic E-state index is 12.7. The lowest BCUT2D eigenvalue weighted by atomic mass is 9.83. The van der Waals surface area contributed by atoms with Crippen molar-refractivity contribution in [2.75, 3.05) is 7.05 Å². The number of halogens is 1. The molecule has 0 spiro atoms. The second-order valence-electron chi connectivity index (χ2n) is 5.19. The second-order valence-corrected chi connectivity index (χ2v) is 7.49. The Balaban J connectivity index is 2.15. The summed E-state index contributed by atoms with van der Waals surface area (Å²) in [7, 11) is 1.76. The zero-order valence-corrected chi connectivity index (χ0v) is 13.7. The van der Waals surface area contributed by atoms with Crippen molar-refractivity contribution in [1.82, 2.24) is 4.90 Å². The number of amides is 1. The molecule has 1 amide bonds. The first-order chi connectivity index (χ1) is 9.49. The molecule has 3 N–H and O–H groups in total. The Hall–Kier alpha value is -1.08. The van der Waals surface area contributed by atoms with E-state index in [2.05, 4.69) is 21.1 Å². The van der Waals surface area contributed by atoms with E-state index in [9.17, 15) is 4.79 Å². The SMILES string of the molecule is CN(Cc1csc(Br)c1)C(=O)C1(C(N)=NO)CCCC1. The molecule has 20 heavy (non-hydrogen) atoms. The van der Waals surface area contributed by atoms with Crippen molar-refractivity contribution in [3.63, 3.8) is 0 Å². The van der Waals surface area contributed by atoms with Crippen LogP contribution in [-0.2, 0) is 11.3 Å². The van der Waals surface area contributed by atoms with Gasteiger partial charge < -0.3 is 15.8 Å². The molecule has 0 aromatic carbocycles. The Morgan fingerprint density at radius 3 is 2.75 bits per heavy atom. The van der Waals surface area contributed by atoms with Gasteiger partial charge in [0.25, 0.3) is 0 Å². The van der Waals surface area contributed by atoms with Crippen LogP contribution in [0.15, 0.2) is 20.4 Å². The number of nitrogens with zero attached hydrogens (tertiary/aromatic N) is 2. The van der Waals surface area contributed by atoms with Gasteiger partial charge in [-0.1, -0.05) is 18.0 Å². The predicted octanol–water partition coefficient (Wildman–Crippen LogP) is 2.78. The highest BCUT2D eigenvalue weighted by atomic mass is 79.9. The van der Waals surface area contributed by atoms with Crippen LogP contribution >= 0.6 is 27.3 Å². The first kappa shape index (κ1) is 15.3. The molecule has 110 valence electrons. The molecule has 1 aliphatic rings. The lowest BCUT2D eigenvalue weighted by molar-refractivity contribution is -0.137. The summed E-state index contributed by atoms with van der Waals surface area (Å²) in [5.74, 6) is -0.0222. The first-order valence-corrected chi connectivity index (χ1v) is 8.13. The van der Waals surface area contributed by atoms with Crippen molar-refractivity contribution in [3.05, 3.63) is 20.8 Å². The third-order valence-corrected chi connectivity index (χ3v) is 5.41. The van der Waals surface area contributed by atoms with E-state index in [0.717, 1.165) is 22.2 Å². The van der Waals surface area contributed by atoms with E-state index in [1.54, 1.807) is 23.3 Å². The van der Waals surface area contributed by atoms with Gasteiger partial charge in [0, 0.05) is 13.6 Å². The Bertz CT molecular complexity index is 523. The lowest BCUT2D eigenvalue weighted by Crippen LogP contribution is -2.48. The van der Waals surface area contributed by atoms with Crippen LogP contribution in [-0.4, -0.2) is 28.9 Å². The van der Waals surface area contributed by atoms with Gasteiger partial charge in [-0.05, 0) is 45.8 Å². The number of hydrogen-bond acceptors (Lipinski definition) is 4. The molecule has 0 unspecified atom stereocenters. The molecular weight excluding hydrogens is 342 g/mol. The fraction of sp³-hybridized carbons (Fsp3) is 0.538. The molecule has 2 rings (SSSR count). The fourth-order valence-corrected chi connectivity index (χ4v) is 3.99. The highest BCUT2D eigenvalue weighted by Gasteiger charge is 2.46. The third-order valence-electron chi connectivity index (χ3n) is 3.85. The molecule has 0 radical (unpaired) electrons. The Morgan fingerprint density at radius 2 is 2.25 bits per heavy atom. The molecule has 0 saturated heterocycles. The van der Waals surface area contributed by atoms with Crippen LogP contribution in [0.5, 0.6) is 0 Å². The Morgan fingerprint density at radius 1 is 1.60 bits per heavy atom. The van der Waals surface area contributed by atoms with Crippen LogP contribution in [0.3, 0.4) is 0 Å². The number of rotatable bonds is 4. The molecule has 0 aliphatic heterocycles. The van der Waals surface area contributed by atoms with E-state index in [1.807, 2.05) is 11.4 Å². The van der Waals surface area contributed by atoms with Crippen LogP contribution in [0.2, 0.25) is 0 Å². The minimum atomic E-state index is -0.823. The average Bonchev–Trinajstić information content (AvgIpc) is 3.07. The summed E-state index contributed by atoms with van der Waals surface area (Å²) in [5, 5.41) is 14.1. The molecule has 0 bridgehead atoms. The zero-order chi connectivity index (χ0) is 14.8. The molecular formula is C13H18BrN3O2S. The van der Waals surface area contributed by atoms with E-state index in [4.69, 9.17) is 10.9 Å². The van der Waals surface area contributed by atoms with Crippen molar-refractivity contribution >= 4 is 39.0 Å². The molecule has 5 nitrogen and oxygen atoms in total. The number of amidine groups is 1. The number of carbonyl (C=O) groups excluding carboxylic acids is 1. The van der Waals surface area contributed by atoms with Crippen molar-refractivity contribution in [3.8, 4) is 0 Å². The van der Waals surface area contributed by atoms with Gasteiger partial charge in [0.1, 0.15) is 5.41 Å². The third kappa shape index (κ3) is 2.83. The molecule has 0 atom stereocenters. The van der Waals surface area contributed by atoms with Gasteiger partial charge in [0.2, 0.25) is 5.91 Å². The van der Waals surface area contributed by atoms with Gasteiger partial charge in [0.05, 0.1) is 3.79 Å². The molecule has 1 aliphatic carbocycles. The summed E-state index contributed by atoms with van der Waals surface area (Å²) < 4.78 is 1.04. The van der Waals surface area contributed by atoms with E-state index >= 15 is 0 Å². The summed E-state index contributed by atoms with van der Waals surface area (Å²) in [5.41, 5.74) is 6.05. The summed E-state index contributed by atoms with van der Waals surface area (Å²) in [6.45, 7) is 0.529. The van der Waals surface area contributed by atoms with Crippen molar-refractivity contribution in [2.45, 2.75) is 32.2 Å². The molecule has 1 saturated carbocycles. The summed E-state index contributed by atoms with van der Waals surface area (Å²) in [6, 6.07) is 2.00.